The van der Waals surface area contributed by atoms with E-state index in [1.165, 1.54) is 13.1 Å². The van der Waals surface area contributed by atoms with Crippen LogP contribution in [0.1, 0.15) is 17.3 Å². The lowest BCUT2D eigenvalue weighted by atomic mass is 10.2. The Hall–Kier alpha value is -2.17. The van der Waals surface area contributed by atoms with E-state index in [-0.39, 0.29) is 5.91 Å². The second-order valence-corrected chi connectivity index (χ2v) is 3.16. The highest BCUT2D eigenvalue weighted by molar-refractivity contribution is 5.98. The van der Waals surface area contributed by atoms with Gasteiger partial charge in [-0.15, -0.1) is 0 Å². The van der Waals surface area contributed by atoms with E-state index in [1.807, 2.05) is 0 Å². The summed E-state index contributed by atoms with van der Waals surface area (Å²) in [6, 6.07) is 1.71. The van der Waals surface area contributed by atoms with Gasteiger partial charge in [0.2, 0.25) is 5.91 Å². The molecule has 2 N–H and O–H groups in total. The number of amides is 1. The number of H-pyrrole nitrogens is 1. The lowest BCUT2D eigenvalue weighted by Crippen LogP contribution is -2.05. The number of aldehydes is 1. The van der Waals surface area contributed by atoms with Crippen LogP contribution in [0.25, 0.3) is 11.0 Å². The smallest absolute Gasteiger partial charge is 0.221 e. The minimum absolute atomic E-state index is 0.167. The Labute approximate surface area is 85.5 Å². The van der Waals surface area contributed by atoms with Gasteiger partial charge in [0, 0.05) is 24.1 Å². The summed E-state index contributed by atoms with van der Waals surface area (Å²) in [5.74, 6) is -0.167. The Balaban J connectivity index is 2.52. The highest BCUT2D eigenvalue weighted by atomic mass is 16.1. The van der Waals surface area contributed by atoms with Crippen LogP contribution in [0.5, 0.6) is 0 Å². The standard InChI is InChI=1S/C10H9N3O2/c1-6(15)13-8-2-9-7(5-14)3-11-10(9)12-4-8/h2-5H,1H3,(H,11,12)(H,13,15). The van der Waals surface area contributed by atoms with Gasteiger partial charge >= 0.3 is 0 Å². The molecule has 0 aliphatic rings. The summed E-state index contributed by atoms with van der Waals surface area (Å²) < 4.78 is 0. The number of hydrogen-bond donors (Lipinski definition) is 2. The number of aromatic amines is 1. The highest BCUT2D eigenvalue weighted by Gasteiger charge is 2.05. The minimum Gasteiger partial charge on any atom is -0.345 e. The number of carbonyl (C=O) groups is 2. The predicted octanol–water partition coefficient (Wildman–Crippen LogP) is 1.33. The van der Waals surface area contributed by atoms with Gasteiger partial charge in [0.15, 0.2) is 6.29 Å². The van der Waals surface area contributed by atoms with Crippen LogP contribution in [0, 0.1) is 0 Å². The van der Waals surface area contributed by atoms with E-state index in [0.717, 1.165) is 6.29 Å². The number of nitrogens with zero attached hydrogens (tertiary/aromatic N) is 1. The van der Waals surface area contributed by atoms with Crippen molar-refractivity contribution < 1.29 is 9.59 Å². The van der Waals surface area contributed by atoms with Crippen LogP contribution in [0.15, 0.2) is 18.5 Å². The summed E-state index contributed by atoms with van der Waals surface area (Å²) in [6.45, 7) is 1.42. The maximum Gasteiger partial charge on any atom is 0.221 e. The zero-order valence-corrected chi connectivity index (χ0v) is 8.07. The van der Waals surface area contributed by atoms with E-state index in [0.29, 0.717) is 22.3 Å². The van der Waals surface area contributed by atoms with Crippen molar-refractivity contribution in [3.63, 3.8) is 0 Å². The number of hydrogen-bond acceptors (Lipinski definition) is 3. The van der Waals surface area contributed by atoms with Gasteiger partial charge < -0.3 is 10.3 Å². The summed E-state index contributed by atoms with van der Waals surface area (Å²) in [7, 11) is 0. The molecule has 2 aromatic heterocycles. The normalized spacial score (nSPS) is 10.2. The molecular formula is C10H9N3O2. The van der Waals surface area contributed by atoms with E-state index in [9.17, 15) is 9.59 Å². The lowest BCUT2D eigenvalue weighted by Gasteiger charge is -2.00. The molecule has 5 heteroatoms. The number of carbonyl (C=O) groups excluding carboxylic acids is 2. The monoisotopic (exact) mass is 203 g/mol. The third-order valence-electron chi connectivity index (χ3n) is 2.01. The van der Waals surface area contributed by atoms with Crippen molar-refractivity contribution in [2.45, 2.75) is 6.92 Å². The zero-order chi connectivity index (χ0) is 10.8. The topological polar surface area (TPSA) is 74.8 Å². The van der Waals surface area contributed by atoms with Crippen LogP contribution in [-0.2, 0) is 4.79 Å². The highest BCUT2D eigenvalue weighted by Crippen LogP contribution is 2.18. The second kappa shape index (κ2) is 3.53. The summed E-state index contributed by atoms with van der Waals surface area (Å²) in [4.78, 5) is 28.4. The van der Waals surface area contributed by atoms with Gasteiger partial charge in [-0.1, -0.05) is 0 Å². The molecular weight excluding hydrogens is 194 g/mol. The second-order valence-electron chi connectivity index (χ2n) is 3.16. The first-order valence-corrected chi connectivity index (χ1v) is 4.40. The van der Waals surface area contributed by atoms with Crippen molar-refractivity contribution in [1.82, 2.24) is 9.97 Å². The summed E-state index contributed by atoms with van der Waals surface area (Å²) in [5, 5.41) is 3.31. The molecule has 0 unspecified atom stereocenters. The number of anilines is 1. The number of aromatic nitrogens is 2. The van der Waals surface area contributed by atoms with E-state index in [4.69, 9.17) is 0 Å². The average Bonchev–Trinajstić information content (AvgIpc) is 2.59. The Bertz CT molecular complexity index is 530. The number of pyridine rings is 1. The fourth-order valence-corrected chi connectivity index (χ4v) is 1.39. The van der Waals surface area contributed by atoms with Crippen molar-refractivity contribution in [1.29, 1.82) is 0 Å². The SMILES string of the molecule is CC(=O)Nc1cnc2[nH]cc(C=O)c2c1. The van der Waals surface area contributed by atoms with E-state index >= 15 is 0 Å². The lowest BCUT2D eigenvalue weighted by molar-refractivity contribution is -0.114. The summed E-state index contributed by atoms with van der Waals surface area (Å²) >= 11 is 0. The summed E-state index contributed by atoms with van der Waals surface area (Å²) in [6.07, 6.45) is 3.87. The van der Waals surface area contributed by atoms with Crippen LogP contribution >= 0.6 is 0 Å². The molecule has 0 atom stereocenters. The third-order valence-corrected chi connectivity index (χ3v) is 2.01. The predicted molar refractivity (Wildman–Crippen MR) is 55.8 cm³/mol. The summed E-state index contributed by atoms with van der Waals surface area (Å²) in [5.41, 5.74) is 1.74. The van der Waals surface area contributed by atoms with Crippen molar-refractivity contribution in [3.8, 4) is 0 Å². The van der Waals surface area contributed by atoms with E-state index < -0.39 is 0 Å². The Morgan fingerprint density at radius 3 is 3.07 bits per heavy atom. The number of rotatable bonds is 2. The van der Waals surface area contributed by atoms with Gasteiger partial charge in [0.25, 0.3) is 0 Å². The molecule has 15 heavy (non-hydrogen) atoms. The first kappa shape index (κ1) is 9.39. The molecule has 0 saturated carbocycles. The van der Waals surface area contributed by atoms with Gasteiger partial charge in [-0.25, -0.2) is 4.98 Å². The molecule has 1 amide bonds. The van der Waals surface area contributed by atoms with E-state index in [2.05, 4.69) is 15.3 Å². The van der Waals surface area contributed by atoms with Gasteiger partial charge in [0.05, 0.1) is 11.9 Å². The van der Waals surface area contributed by atoms with Crippen molar-refractivity contribution in [3.05, 3.63) is 24.0 Å². The molecule has 0 spiro atoms. The molecule has 76 valence electrons. The Morgan fingerprint density at radius 1 is 1.60 bits per heavy atom. The molecule has 0 bridgehead atoms. The van der Waals surface area contributed by atoms with Crippen LogP contribution in [0.3, 0.4) is 0 Å². The molecule has 0 fully saturated rings. The first-order valence-electron chi connectivity index (χ1n) is 4.40. The molecule has 0 aliphatic carbocycles. The molecule has 0 radical (unpaired) electrons. The molecule has 0 saturated heterocycles. The largest absolute Gasteiger partial charge is 0.345 e. The Kier molecular flexibility index (Phi) is 2.21. The fourth-order valence-electron chi connectivity index (χ4n) is 1.39. The van der Waals surface area contributed by atoms with Gasteiger partial charge in [-0.2, -0.15) is 0 Å². The molecule has 2 aromatic rings. The number of fused-ring (bicyclic) bond motifs is 1. The van der Waals surface area contributed by atoms with Crippen LogP contribution in [0.4, 0.5) is 5.69 Å². The number of nitrogens with one attached hydrogen (secondary N) is 2. The maximum absolute atomic E-state index is 10.8. The van der Waals surface area contributed by atoms with Crippen molar-refractivity contribution in [2.24, 2.45) is 0 Å². The average molecular weight is 203 g/mol. The van der Waals surface area contributed by atoms with E-state index in [1.54, 1.807) is 12.3 Å². The zero-order valence-electron chi connectivity index (χ0n) is 8.07. The quantitative estimate of drug-likeness (QED) is 0.723. The third kappa shape index (κ3) is 1.71. The van der Waals surface area contributed by atoms with Gasteiger partial charge in [-0.3, -0.25) is 9.59 Å². The molecule has 2 rings (SSSR count). The van der Waals surface area contributed by atoms with Crippen LogP contribution in [-0.4, -0.2) is 22.2 Å². The van der Waals surface area contributed by atoms with Gasteiger partial charge in [-0.05, 0) is 6.07 Å². The van der Waals surface area contributed by atoms with Crippen molar-refractivity contribution in [2.75, 3.05) is 5.32 Å². The van der Waals surface area contributed by atoms with Gasteiger partial charge in [0.1, 0.15) is 5.65 Å². The molecule has 0 aliphatic heterocycles. The van der Waals surface area contributed by atoms with Crippen molar-refractivity contribution >= 4 is 28.9 Å². The molecule has 0 aromatic carbocycles. The molecule has 2 heterocycles. The Morgan fingerprint density at radius 2 is 2.40 bits per heavy atom. The fraction of sp³-hybridized carbons (Fsp3) is 0.100. The minimum atomic E-state index is -0.167. The molecule has 5 nitrogen and oxygen atoms in total. The maximum atomic E-state index is 10.8. The van der Waals surface area contributed by atoms with Crippen LogP contribution < -0.4 is 5.32 Å². The first-order chi connectivity index (χ1) is 7.20. The van der Waals surface area contributed by atoms with Crippen LogP contribution in [0.2, 0.25) is 0 Å².